The van der Waals surface area contributed by atoms with E-state index >= 15 is 0 Å². The van der Waals surface area contributed by atoms with Crippen LogP contribution in [0.4, 0.5) is 10.5 Å². The predicted octanol–water partition coefficient (Wildman–Crippen LogP) is 1.91. The molecule has 0 unspecified atom stereocenters. The summed E-state index contributed by atoms with van der Waals surface area (Å²) in [6, 6.07) is 7.27. The highest BCUT2D eigenvalue weighted by molar-refractivity contribution is 8.15. The molecule has 0 aromatic heterocycles. The average Bonchev–Trinajstić information content (AvgIpc) is 3.07. The molecule has 0 spiro atoms. The zero-order chi connectivity index (χ0) is 24.6. The van der Waals surface area contributed by atoms with Crippen molar-refractivity contribution in [2.75, 3.05) is 12.3 Å². The van der Waals surface area contributed by atoms with Gasteiger partial charge in [0.15, 0.2) is 5.17 Å². The van der Waals surface area contributed by atoms with Gasteiger partial charge in [-0.15, -0.1) is 0 Å². The van der Waals surface area contributed by atoms with E-state index in [9.17, 15) is 19.2 Å². The van der Waals surface area contributed by atoms with E-state index in [2.05, 4.69) is 15.6 Å². The highest BCUT2D eigenvalue weighted by Crippen LogP contribution is 2.27. The summed E-state index contributed by atoms with van der Waals surface area (Å²) in [7, 11) is 0. The van der Waals surface area contributed by atoms with E-state index in [4.69, 9.17) is 10.5 Å². The molecule has 0 bridgehead atoms. The third kappa shape index (κ3) is 8.41. The number of benzene rings is 1. The summed E-state index contributed by atoms with van der Waals surface area (Å²) in [4.78, 5) is 54.9. The number of nitrogens with two attached hydrogens (primary N) is 1. The molecule has 33 heavy (non-hydrogen) atoms. The van der Waals surface area contributed by atoms with E-state index in [0.717, 1.165) is 0 Å². The number of carbonyl (C=O) groups is 4. The van der Waals surface area contributed by atoms with Crippen LogP contribution in [0.1, 0.15) is 40.5 Å². The quantitative estimate of drug-likeness (QED) is 0.464. The van der Waals surface area contributed by atoms with Gasteiger partial charge in [-0.3, -0.25) is 19.3 Å². The molecule has 4 N–H and O–H groups in total. The van der Waals surface area contributed by atoms with Gasteiger partial charge in [-0.1, -0.05) is 30.0 Å². The van der Waals surface area contributed by atoms with Crippen molar-refractivity contribution in [3.8, 4) is 0 Å². The van der Waals surface area contributed by atoms with Gasteiger partial charge < -0.3 is 21.1 Å². The van der Waals surface area contributed by atoms with Crippen LogP contribution in [0.2, 0.25) is 0 Å². The Bertz CT molecular complexity index is 900. The first-order chi connectivity index (χ1) is 15.5. The first-order valence-electron chi connectivity index (χ1n) is 10.6. The minimum absolute atomic E-state index is 0.150. The molecule has 1 aromatic carbocycles. The number of alkyl carbamates (subject to hydrolysis) is 1. The number of nitrogens with one attached hydrogen (secondary N) is 2. The number of para-hydroxylation sites is 1. The van der Waals surface area contributed by atoms with E-state index in [1.807, 2.05) is 18.2 Å². The lowest BCUT2D eigenvalue weighted by Crippen LogP contribution is -2.53. The number of amides is 4. The SMILES string of the molecule is C[C@H](NC(=O)[C@H](CCCNC(=O)OC(C)(C)C)N1C(=O)CSC1=Nc1ccccc1)C(N)=O. The topological polar surface area (TPSA) is 143 Å². The third-order valence-corrected chi connectivity index (χ3v) is 5.44. The zero-order valence-corrected chi connectivity index (χ0v) is 20.1. The Kier molecular flexibility index (Phi) is 9.27. The van der Waals surface area contributed by atoms with Gasteiger partial charge in [-0.2, -0.15) is 0 Å². The lowest BCUT2D eigenvalue weighted by atomic mass is 10.1. The monoisotopic (exact) mass is 477 g/mol. The van der Waals surface area contributed by atoms with Crippen LogP contribution in [0, 0.1) is 0 Å². The minimum Gasteiger partial charge on any atom is -0.444 e. The summed E-state index contributed by atoms with van der Waals surface area (Å²) < 4.78 is 5.20. The molecule has 0 radical (unpaired) electrons. The number of carbonyl (C=O) groups excluding carboxylic acids is 4. The fourth-order valence-electron chi connectivity index (χ4n) is 2.94. The highest BCUT2D eigenvalue weighted by atomic mass is 32.2. The number of primary amides is 1. The van der Waals surface area contributed by atoms with Crippen LogP contribution in [0.3, 0.4) is 0 Å². The van der Waals surface area contributed by atoms with Crippen molar-refractivity contribution in [2.45, 2.75) is 58.2 Å². The van der Waals surface area contributed by atoms with Crippen LogP contribution in [0.5, 0.6) is 0 Å². The van der Waals surface area contributed by atoms with Crippen LogP contribution in [0.25, 0.3) is 0 Å². The van der Waals surface area contributed by atoms with Crippen LogP contribution in [-0.4, -0.2) is 63.9 Å². The van der Waals surface area contributed by atoms with Gasteiger partial charge in [0.1, 0.15) is 17.7 Å². The van der Waals surface area contributed by atoms with Gasteiger partial charge in [-0.05, 0) is 52.7 Å². The second-order valence-electron chi connectivity index (χ2n) is 8.50. The van der Waals surface area contributed by atoms with Gasteiger partial charge in [0.2, 0.25) is 17.7 Å². The molecule has 4 amide bonds. The van der Waals surface area contributed by atoms with Gasteiger partial charge in [0.05, 0.1) is 11.4 Å². The molecule has 1 aliphatic heterocycles. The van der Waals surface area contributed by atoms with E-state index in [1.54, 1.807) is 32.9 Å². The number of thioether (sulfide) groups is 1. The van der Waals surface area contributed by atoms with Gasteiger partial charge in [-0.25, -0.2) is 9.79 Å². The fraction of sp³-hybridized carbons (Fsp3) is 0.500. The normalized spacial score (nSPS) is 16.9. The summed E-state index contributed by atoms with van der Waals surface area (Å²) in [6.07, 6.45) is 0.0488. The Hall–Kier alpha value is -3.08. The maximum atomic E-state index is 13.0. The molecule has 2 rings (SSSR count). The van der Waals surface area contributed by atoms with E-state index in [1.165, 1.54) is 23.6 Å². The Labute approximate surface area is 197 Å². The summed E-state index contributed by atoms with van der Waals surface area (Å²) in [5.41, 5.74) is 5.30. The summed E-state index contributed by atoms with van der Waals surface area (Å²) in [5, 5.41) is 5.60. The molecule has 11 heteroatoms. The molecule has 1 fully saturated rings. The third-order valence-electron chi connectivity index (χ3n) is 4.50. The molecule has 2 atom stereocenters. The van der Waals surface area contributed by atoms with Gasteiger partial charge in [0.25, 0.3) is 0 Å². The first kappa shape index (κ1) is 26.2. The molecular formula is C22H31N5O5S. The number of nitrogens with zero attached hydrogens (tertiary/aromatic N) is 2. The lowest BCUT2D eigenvalue weighted by Gasteiger charge is -2.27. The van der Waals surface area contributed by atoms with Crippen molar-refractivity contribution in [1.82, 2.24) is 15.5 Å². The molecule has 1 aromatic rings. The van der Waals surface area contributed by atoms with Crippen molar-refractivity contribution >= 4 is 46.4 Å². The molecular weight excluding hydrogens is 446 g/mol. The summed E-state index contributed by atoms with van der Waals surface area (Å²) >= 11 is 1.24. The molecule has 0 saturated carbocycles. The molecule has 1 heterocycles. The van der Waals surface area contributed by atoms with Crippen LogP contribution >= 0.6 is 11.8 Å². The number of hydrogen-bond acceptors (Lipinski definition) is 7. The number of aliphatic imine (C=N–C) groups is 1. The number of rotatable bonds is 9. The van der Waals surface area contributed by atoms with E-state index in [-0.39, 0.29) is 24.6 Å². The lowest BCUT2D eigenvalue weighted by molar-refractivity contribution is -0.135. The maximum absolute atomic E-state index is 13.0. The van der Waals surface area contributed by atoms with Crippen molar-refractivity contribution in [3.05, 3.63) is 30.3 Å². The van der Waals surface area contributed by atoms with Crippen LogP contribution in [0.15, 0.2) is 35.3 Å². The molecule has 10 nitrogen and oxygen atoms in total. The molecule has 1 saturated heterocycles. The van der Waals surface area contributed by atoms with Gasteiger partial charge in [0, 0.05) is 6.54 Å². The molecule has 0 aliphatic carbocycles. The van der Waals surface area contributed by atoms with Gasteiger partial charge >= 0.3 is 6.09 Å². The second-order valence-corrected chi connectivity index (χ2v) is 9.44. The first-order valence-corrected chi connectivity index (χ1v) is 11.6. The molecule has 1 aliphatic rings. The number of amidine groups is 1. The maximum Gasteiger partial charge on any atom is 0.407 e. The van der Waals surface area contributed by atoms with Crippen molar-refractivity contribution in [2.24, 2.45) is 10.7 Å². The summed E-state index contributed by atoms with van der Waals surface area (Å²) in [5.74, 6) is -1.32. The van der Waals surface area contributed by atoms with E-state index in [0.29, 0.717) is 17.3 Å². The van der Waals surface area contributed by atoms with E-state index < -0.39 is 35.6 Å². The second kappa shape index (κ2) is 11.7. The predicted molar refractivity (Wildman–Crippen MR) is 127 cm³/mol. The zero-order valence-electron chi connectivity index (χ0n) is 19.3. The van der Waals surface area contributed by atoms with Crippen molar-refractivity contribution in [3.63, 3.8) is 0 Å². The Morgan fingerprint density at radius 2 is 1.91 bits per heavy atom. The fourth-order valence-corrected chi connectivity index (χ4v) is 3.87. The van der Waals surface area contributed by atoms with Crippen molar-refractivity contribution in [1.29, 1.82) is 0 Å². The minimum atomic E-state index is -0.919. The Morgan fingerprint density at radius 1 is 1.24 bits per heavy atom. The largest absolute Gasteiger partial charge is 0.444 e. The summed E-state index contributed by atoms with van der Waals surface area (Å²) in [6.45, 7) is 7.00. The van der Waals surface area contributed by atoms with Crippen LogP contribution < -0.4 is 16.4 Å². The van der Waals surface area contributed by atoms with Crippen LogP contribution in [-0.2, 0) is 19.1 Å². The average molecular weight is 478 g/mol. The molecule has 180 valence electrons. The Balaban J connectivity index is 2.16. The Morgan fingerprint density at radius 3 is 2.52 bits per heavy atom. The highest BCUT2D eigenvalue weighted by Gasteiger charge is 2.38. The van der Waals surface area contributed by atoms with Crippen molar-refractivity contribution < 1.29 is 23.9 Å². The standard InChI is InChI=1S/C22H31N5O5S/c1-14(18(23)29)25-19(30)16(11-8-12-24-21(31)32-22(2,3)4)27-17(28)13-33-20(27)26-15-9-6-5-7-10-15/h5-7,9-10,14,16H,8,11-13H2,1-4H3,(H2,23,29)(H,24,31)(H,25,30)/t14-,16-/m0/s1. The smallest absolute Gasteiger partial charge is 0.407 e. The number of hydrogen-bond donors (Lipinski definition) is 3. The number of ether oxygens (including phenoxy) is 1.